The van der Waals surface area contributed by atoms with E-state index in [1.807, 2.05) is 19.1 Å². The fraction of sp³-hybridized carbons (Fsp3) is 0.389. The Kier molecular flexibility index (Phi) is 3.52. The van der Waals surface area contributed by atoms with Gasteiger partial charge in [0, 0.05) is 26.2 Å². The lowest BCUT2D eigenvalue weighted by Crippen LogP contribution is -2.64. The second-order valence-corrected chi connectivity index (χ2v) is 6.68. The summed E-state index contributed by atoms with van der Waals surface area (Å²) in [7, 11) is 1.79. The van der Waals surface area contributed by atoms with E-state index < -0.39 is 5.72 Å². The molecule has 2 aromatic rings. The quantitative estimate of drug-likeness (QED) is 0.853. The standard InChI is InChI=1S/C18H20N4O3/c1-12-14(10-21(2)20-12)17(24)22-9-5-8-18(11-22)19-16(23)13-6-3-4-7-15(13)25-18/h3-4,6-7,10H,5,8-9,11H2,1-2H3,(H,19,23)/t18-/m0/s1. The number of carbonyl (C=O) groups excluding carboxylic acids is 2. The molecule has 1 N–H and O–H groups in total. The van der Waals surface area contributed by atoms with E-state index in [1.165, 1.54) is 0 Å². The highest BCUT2D eigenvalue weighted by atomic mass is 16.5. The topological polar surface area (TPSA) is 76.5 Å². The van der Waals surface area contributed by atoms with Crippen LogP contribution in [0.5, 0.6) is 5.75 Å². The van der Waals surface area contributed by atoms with E-state index in [2.05, 4.69) is 10.4 Å². The van der Waals surface area contributed by atoms with Crippen LogP contribution in [0.4, 0.5) is 0 Å². The van der Waals surface area contributed by atoms with Gasteiger partial charge in [0.15, 0.2) is 0 Å². The average molecular weight is 340 g/mol. The molecule has 7 nitrogen and oxygen atoms in total. The van der Waals surface area contributed by atoms with Gasteiger partial charge in [-0.3, -0.25) is 14.3 Å². The van der Waals surface area contributed by atoms with Crippen molar-refractivity contribution in [2.75, 3.05) is 13.1 Å². The largest absolute Gasteiger partial charge is 0.465 e. The summed E-state index contributed by atoms with van der Waals surface area (Å²) >= 11 is 0. The molecular formula is C18H20N4O3. The van der Waals surface area contributed by atoms with Crippen molar-refractivity contribution < 1.29 is 14.3 Å². The lowest BCUT2D eigenvalue weighted by molar-refractivity contribution is -0.0314. The molecule has 0 unspecified atom stereocenters. The van der Waals surface area contributed by atoms with E-state index in [9.17, 15) is 9.59 Å². The van der Waals surface area contributed by atoms with E-state index in [4.69, 9.17) is 4.74 Å². The summed E-state index contributed by atoms with van der Waals surface area (Å²) in [6.45, 7) is 2.78. The maximum absolute atomic E-state index is 12.9. The van der Waals surface area contributed by atoms with Crippen molar-refractivity contribution in [1.82, 2.24) is 20.0 Å². The zero-order valence-electron chi connectivity index (χ0n) is 14.3. The van der Waals surface area contributed by atoms with Crippen LogP contribution in [0.2, 0.25) is 0 Å². The van der Waals surface area contributed by atoms with E-state index in [-0.39, 0.29) is 11.8 Å². The number of likely N-dealkylation sites (tertiary alicyclic amines) is 1. The van der Waals surface area contributed by atoms with Crippen LogP contribution in [-0.2, 0) is 7.05 Å². The van der Waals surface area contributed by atoms with Gasteiger partial charge in [0.25, 0.3) is 11.8 Å². The van der Waals surface area contributed by atoms with Gasteiger partial charge in [-0.1, -0.05) is 12.1 Å². The first kappa shape index (κ1) is 15.7. The highest BCUT2D eigenvalue weighted by Crippen LogP contribution is 2.33. The number of nitrogens with one attached hydrogen (secondary N) is 1. The lowest BCUT2D eigenvalue weighted by Gasteiger charge is -2.45. The van der Waals surface area contributed by atoms with E-state index in [1.54, 1.807) is 35.0 Å². The minimum absolute atomic E-state index is 0.0821. The molecular weight excluding hydrogens is 320 g/mol. The third kappa shape index (κ3) is 2.65. The van der Waals surface area contributed by atoms with Crippen LogP contribution in [0, 0.1) is 6.92 Å². The molecule has 2 amide bonds. The molecule has 25 heavy (non-hydrogen) atoms. The molecule has 1 aromatic carbocycles. The molecule has 7 heteroatoms. The third-order valence-electron chi connectivity index (χ3n) is 4.76. The maximum atomic E-state index is 12.9. The Morgan fingerprint density at radius 1 is 1.36 bits per heavy atom. The second-order valence-electron chi connectivity index (χ2n) is 6.68. The normalized spacial score (nSPS) is 22.3. The lowest BCUT2D eigenvalue weighted by atomic mass is 9.97. The van der Waals surface area contributed by atoms with Crippen molar-refractivity contribution in [1.29, 1.82) is 0 Å². The third-order valence-corrected chi connectivity index (χ3v) is 4.76. The first-order valence-corrected chi connectivity index (χ1v) is 8.37. The van der Waals surface area contributed by atoms with Gasteiger partial charge in [-0.15, -0.1) is 0 Å². The number of benzene rings is 1. The smallest absolute Gasteiger partial charge is 0.258 e. The number of aryl methyl sites for hydroxylation is 2. The van der Waals surface area contributed by atoms with Gasteiger partial charge in [-0.05, 0) is 25.5 Å². The van der Waals surface area contributed by atoms with Gasteiger partial charge < -0.3 is 15.0 Å². The molecule has 1 atom stereocenters. The number of ether oxygens (including phenoxy) is 1. The van der Waals surface area contributed by atoms with Crippen molar-refractivity contribution >= 4 is 11.8 Å². The zero-order chi connectivity index (χ0) is 17.6. The Bertz CT molecular complexity index is 860. The van der Waals surface area contributed by atoms with Crippen LogP contribution in [0.15, 0.2) is 30.5 Å². The first-order valence-electron chi connectivity index (χ1n) is 8.37. The summed E-state index contributed by atoms with van der Waals surface area (Å²) in [6.07, 6.45) is 3.16. The number of hydrogen-bond donors (Lipinski definition) is 1. The second kappa shape index (κ2) is 5.61. The van der Waals surface area contributed by atoms with Crippen LogP contribution in [0.3, 0.4) is 0 Å². The van der Waals surface area contributed by atoms with Crippen molar-refractivity contribution in [2.45, 2.75) is 25.5 Å². The number of para-hydroxylation sites is 1. The SMILES string of the molecule is Cc1nn(C)cc1C(=O)N1CCC[C@]2(C1)NC(=O)c1ccccc1O2. The van der Waals surface area contributed by atoms with E-state index in [0.29, 0.717) is 42.1 Å². The highest BCUT2D eigenvalue weighted by molar-refractivity contribution is 5.98. The molecule has 0 saturated carbocycles. The van der Waals surface area contributed by atoms with Gasteiger partial charge >= 0.3 is 0 Å². The summed E-state index contributed by atoms with van der Waals surface area (Å²) in [5.41, 5.74) is 0.947. The van der Waals surface area contributed by atoms with Crippen LogP contribution < -0.4 is 10.1 Å². The summed E-state index contributed by atoms with van der Waals surface area (Å²) < 4.78 is 7.77. The number of piperidine rings is 1. The van der Waals surface area contributed by atoms with Crippen molar-refractivity contribution in [3.63, 3.8) is 0 Å². The van der Waals surface area contributed by atoms with Crippen LogP contribution in [0.25, 0.3) is 0 Å². The molecule has 0 radical (unpaired) electrons. The van der Waals surface area contributed by atoms with Crippen LogP contribution >= 0.6 is 0 Å². The number of nitrogens with zero attached hydrogens (tertiary/aromatic N) is 3. The minimum Gasteiger partial charge on any atom is -0.465 e. The van der Waals surface area contributed by atoms with Crippen LogP contribution in [0.1, 0.15) is 39.3 Å². The number of carbonyl (C=O) groups is 2. The fourth-order valence-electron chi connectivity index (χ4n) is 3.61. The average Bonchev–Trinajstić information content (AvgIpc) is 2.92. The van der Waals surface area contributed by atoms with E-state index >= 15 is 0 Å². The summed E-state index contributed by atoms with van der Waals surface area (Å²) in [5, 5.41) is 7.21. The number of fused-ring (bicyclic) bond motifs is 1. The predicted octanol–water partition coefficient (Wildman–Crippen LogP) is 1.48. The van der Waals surface area contributed by atoms with Crippen molar-refractivity contribution in [2.24, 2.45) is 7.05 Å². The molecule has 1 saturated heterocycles. The molecule has 0 bridgehead atoms. The van der Waals surface area contributed by atoms with Crippen molar-refractivity contribution in [3.05, 3.63) is 47.3 Å². The monoisotopic (exact) mass is 340 g/mol. The molecule has 4 rings (SSSR count). The number of rotatable bonds is 1. The number of hydrogen-bond acceptors (Lipinski definition) is 4. The molecule has 130 valence electrons. The molecule has 1 spiro atoms. The Morgan fingerprint density at radius 3 is 2.92 bits per heavy atom. The highest BCUT2D eigenvalue weighted by Gasteiger charge is 2.44. The van der Waals surface area contributed by atoms with Gasteiger partial charge in [-0.25, -0.2) is 0 Å². The Labute approximate surface area is 145 Å². The van der Waals surface area contributed by atoms with Crippen LogP contribution in [-0.4, -0.2) is 45.3 Å². The summed E-state index contributed by atoms with van der Waals surface area (Å²) in [4.78, 5) is 27.1. The van der Waals surface area contributed by atoms with Gasteiger partial charge in [0.1, 0.15) is 5.75 Å². The fourth-order valence-corrected chi connectivity index (χ4v) is 3.61. The molecule has 1 fully saturated rings. The molecule has 0 aliphatic carbocycles. The Morgan fingerprint density at radius 2 is 2.16 bits per heavy atom. The maximum Gasteiger partial charge on any atom is 0.258 e. The minimum atomic E-state index is -0.866. The van der Waals surface area contributed by atoms with Gasteiger partial charge in [0.05, 0.1) is 23.4 Å². The number of amides is 2. The molecule has 1 aromatic heterocycles. The zero-order valence-corrected chi connectivity index (χ0v) is 14.3. The predicted molar refractivity (Wildman–Crippen MR) is 90.3 cm³/mol. The molecule has 2 aliphatic rings. The Hall–Kier alpha value is -2.83. The number of aromatic nitrogens is 2. The molecule has 3 heterocycles. The van der Waals surface area contributed by atoms with E-state index in [0.717, 1.165) is 6.42 Å². The Balaban J connectivity index is 1.60. The van der Waals surface area contributed by atoms with Crippen molar-refractivity contribution in [3.8, 4) is 5.75 Å². The summed E-state index contributed by atoms with van der Waals surface area (Å²) in [6, 6.07) is 7.18. The first-order chi connectivity index (χ1) is 12.0. The summed E-state index contributed by atoms with van der Waals surface area (Å²) in [5.74, 6) is 0.327. The molecule has 2 aliphatic heterocycles. The van der Waals surface area contributed by atoms with Gasteiger partial charge in [0.2, 0.25) is 5.72 Å². The van der Waals surface area contributed by atoms with Gasteiger partial charge in [-0.2, -0.15) is 5.10 Å².